The van der Waals surface area contributed by atoms with Crippen LogP contribution >= 0.6 is 11.3 Å². The predicted molar refractivity (Wildman–Crippen MR) is 71.0 cm³/mol. The highest BCUT2D eigenvalue weighted by atomic mass is 32.1. The van der Waals surface area contributed by atoms with Crippen LogP contribution in [0.3, 0.4) is 0 Å². The van der Waals surface area contributed by atoms with E-state index >= 15 is 0 Å². The van der Waals surface area contributed by atoms with Crippen molar-refractivity contribution in [2.45, 2.75) is 19.8 Å². The molecule has 0 N–H and O–H groups in total. The molecule has 0 aliphatic rings. The van der Waals surface area contributed by atoms with Crippen LogP contribution in [0, 0.1) is 10.1 Å². The second kappa shape index (κ2) is 4.67. The Morgan fingerprint density at radius 2 is 2.18 bits per heavy atom. The molecular weight excluding hydrogens is 234 g/mol. The fourth-order valence-corrected chi connectivity index (χ4v) is 3.00. The summed E-state index contributed by atoms with van der Waals surface area (Å²) in [6.07, 6.45) is 1.58. The van der Waals surface area contributed by atoms with Crippen LogP contribution in [-0.2, 0) is 0 Å². The topological polar surface area (TPSA) is 43.1 Å². The van der Waals surface area contributed by atoms with E-state index in [0.29, 0.717) is 0 Å². The van der Waals surface area contributed by atoms with Crippen LogP contribution in [0.15, 0.2) is 42.1 Å². The predicted octanol–water partition coefficient (Wildman–Crippen LogP) is 4.19. The number of nitrogens with zero attached hydrogens (tertiary/aromatic N) is 1. The summed E-state index contributed by atoms with van der Waals surface area (Å²) in [5, 5.41) is 12.1. The van der Waals surface area contributed by atoms with E-state index in [1.54, 1.807) is 24.3 Å². The van der Waals surface area contributed by atoms with Gasteiger partial charge in [-0.2, -0.15) is 0 Å². The highest BCUT2D eigenvalue weighted by molar-refractivity contribution is 7.19. The Labute approximate surface area is 104 Å². The van der Waals surface area contributed by atoms with Crippen molar-refractivity contribution in [1.82, 2.24) is 0 Å². The molecule has 2 rings (SSSR count). The molecule has 3 nitrogen and oxygen atoms in total. The van der Waals surface area contributed by atoms with Crippen molar-refractivity contribution in [3.8, 4) is 0 Å². The van der Waals surface area contributed by atoms with Crippen LogP contribution in [0.5, 0.6) is 0 Å². The van der Waals surface area contributed by atoms with Crippen LogP contribution in [-0.4, -0.2) is 4.92 Å². The summed E-state index contributed by atoms with van der Waals surface area (Å²) in [6, 6.07) is 10.1. The van der Waals surface area contributed by atoms with Gasteiger partial charge in [0.15, 0.2) is 0 Å². The van der Waals surface area contributed by atoms with Gasteiger partial charge in [-0.3, -0.25) is 10.1 Å². The van der Waals surface area contributed by atoms with E-state index < -0.39 is 0 Å². The van der Waals surface area contributed by atoms with Gasteiger partial charge in [-0.05, 0) is 37.4 Å². The summed E-state index contributed by atoms with van der Waals surface area (Å²) in [5.74, 6) is -0.160. The van der Waals surface area contributed by atoms with Crippen LogP contribution in [0.2, 0.25) is 0 Å². The molecule has 88 valence electrons. The molecule has 4 heteroatoms. The third kappa shape index (κ3) is 2.22. The number of hydrogen-bond donors (Lipinski definition) is 0. The smallest absolute Gasteiger partial charge is 0.249 e. The van der Waals surface area contributed by atoms with E-state index in [9.17, 15) is 10.1 Å². The summed E-state index contributed by atoms with van der Waals surface area (Å²) in [5.41, 5.74) is 0.261. The minimum absolute atomic E-state index is 0.160. The van der Waals surface area contributed by atoms with E-state index in [4.69, 9.17) is 0 Å². The maximum atomic E-state index is 10.9. The summed E-state index contributed by atoms with van der Waals surface area (Å²) < 4.78 is 1.17. The molecule has 0 amide bonds. The molecule has 0 spiro atoms. The summed E-state index contributed by atoms with van der Waals surface area (Å²) in [7, 11) is 0. The molecule has 0 saturated carbocycles. The van der Waals surface area contributed by atoms with Gasteiger partial charge in [0.1, 0.15) is 0 Å². The summed E-state index contributed by atoms with van der Waals surface area (Å²) in [6.45, 7) is 3.59. The second-order valence-electron chi connectivity index (χ2n) is 3.88. The standard InChI is InChI=1S/C13H13NO2S/c1-3-11(14(15)16)9(2)13-8-10-6-4-5-7-12(10)17-13/h3-9H,1-2H3/b11-3+. The molecule has 0 aliphatic heterocycles. The maximum absolute atomic E-state index is 10.9. The molecule has 2 aromatic rings. The molecule has 1 atom stereocenters. The van der Waals surface area contributed by atoms with Gasteiger partial charge < -0.3 is 0 Å². The van der Waals surface area contributed by atoms with Gasteiger partial charge >= 0.3 is 0 Å². The van der Waals surface area contributed by atoms with Crippen LogP contribution in [0.1, 0.15) is 24.6 Å². The Kier molecular flexibility index (Phi) is 3.24. The molecule has 0 saturated heterocycles. The zero-order valence-electron chi connectivity index (χ0n) is 9.71. The highest BCUT2D eigenvalue weighted by Crippen LogP contribution is 2.34. The van der Waals surface area contributed by atoms with Gasteiger partial charge in [-0.25, -0.2) is 0 Å². The number of fused-ring (bicyclic) bond motifs is 1. The molecule has 1 aromatic heterocycles. The normalized spacial score (nSPS) is 13.9. The second-order valence-corrected chi connectivity index (χ2v) is 4.99. The molecule has 1 unspecified atom stereocenters. The number of hydrogen-bond acceptors (Lipinski definition) is 3. The lowest BCUT2D eigenvalue weighted by Crippen LogP contribution is -2.05. The van der Waals surface area contributed by atoms with E-state index in [1.165, 1.54) is 4.70 Å². The van der Waals surface area contributed by atoms with Gasteiger partial charge in [0.25, 0.3) is 0 Å². The molecule has 17 heavy (non-hydrogen) atoms. The Bertz CT molecular complexity index is 553. The third-order valence-electron chi connectivity index (χ3n) is 2.82. The average Bonchev–Trinajstić information content (AvgIpc) is 2.72. The lowest BCUT2D eigenvalue weighted by atomic mass is 10.1. The van der Waals surface area contributed by atoms with E-state index in [1.807, 2.05) is 37.3 Å². The number of benzene rings is 1. The Balaban J connectivity index is 2.43. The Morgan fingerprint density at radius 1 is 1.47 bits per heavy atom. The lowest BCUT2D eigenvalue weighted by molar-refractivity contribution is -0.429. The quantitative estimate of drug-likeness (QED) is 0.603. The first-order chi connectivity index (χ1) is 8.13. The first kappa shape index (κ1) is 11.8. The number of nitro groups is 1. The van der Waals surface area contributed by atoms with Crippen molar-refractivity contribution in [3.05, 3.63) is 57.1 Å². The monoisotopic (exact) mass is 247 g/mol. The summed E-state index contributed by atoms with van der Waals surface area (Å²) >= 11 is 1.62. The number of allylic oxidation sites excluding steroid dienone is 2. The number of rotatable bonds is 3. The lowest BCUT2D eigenvalue weighted by Gasteiger charge is -2.05. The minimum Gasteiger partial charge on any atom is -0.259 e. The van der Waals surface area contributed by atoms with Gasteiger partial charge in [0, 0.05) is 9.58 Å². The van der Waals surface area contributed by atoms with Crippen molar-refractivity contribution in [2.24, 2.45) is 0 Å². The maximum Gasteiger partial charge on any atom is 0.249 e. The summed E-state index contributed by atoms with van der Waals surface area (Å²) in [4.78, 5) is 11.6. The van der Waals surface area contributed by atoms with E-state index in [0.717, 1.165) is 10.3 Å². The van der Waals surface area contributed by atoms with Crippen molar-refractivity contribution in [1.29, 1.82) is 0 Å². The van der Waals surface area contributed by atoms with E-state index in [2.05, 4.69) is 0 Å². The molecular formula is C13H13NO2S. The number of thiophene rings is 1. The first-order valence-electron chi connectivity index (χ1n) is 5.42. The van der Waals surface area contributed by atoms with Crippen molar-refractivity contribution in [2.75, 3.05) is 0 Å². The fraction of sp³-hybridized carbons (Fsp3) is 0.231. The van der Waals surface area contributed by atoms with Crippen LogP contribution < -0.4 is 0 Å². The van der Waals surface area contributed by atoms with Crippen LogP contribution in [0.25, 0.3) is 10.1 Å². The largest absolute Gasteiger partial charge is 0.259 e. The van der Waals surface area contributed by atoms with Crippen molar-refractivity contribution < 1.29 is 4.92 Å². The zero-order chi connectivity index (χ0) is 12.4. The molecule has 0 aliphatic carbocycles. The first-order valence-corrected chi connectivity index (χ1v) is 6.24. The van der Waals surface area contributed by atoms with Crippen LogP contribution in [0.4, 0.5) is 0 Å². The van der Waals surface area contributed by atoms with Gasteiger partial charge in [0.2, 0.25) is 5.70 Å². The molecule has 1 heterocycles. The van der Waals surface area contributed by atoms with Gasteiger partial charge in [-0.15, -0.1) is 11.3 Å². The third-order valence-corrected chi connectivity index (χ3v) is 4.12. The molecule has 0 bridgehead atoms. The highest BCUT2D eigenvalue weighted by Gasteiger charge is 2.22. The van der Waals surface area contributed by atoms with Crippen molar-refractivity contribution >= 4 is 21.4 Å². The average molecular weight is 247 g/mol. The fourth-order valence-electron chi connectivity index (χ4n) is 1.88. The van der Waals surface area contributed by atoms with Gasteiger partial charge in [0.05, 0.1) is 10.8 Å². The molecule has 0 fully saturated rings. The zero-order valence-corrected chi connectivity index (χ0v) is 10.5. The molecule has 0 radical (unpaired) electrons. The van der Waals surface area contributed by atoms with E-state index in [-0.39, 0.29) is 16.5 Å². The Hall–Kier alpha value is -1.68. The van der Waals surface area contributed by atoms with Crippen molar-refractivity contribution in [3.63, 3.8) is 0 Å². The Morgan fingerprint density at radius 3 is 2.76 bits per heavy atom. The molecule has 1 aromatic carbocycles. The minimum atomic E-state index is -0.297. The SMILES string of the molecule is C/C=C(\C(C)c1cc2ccccc2s1)[N+](=O)[O-]. The van der Waals surface area contributed by atoms with Gasteiger partial charge in [-0.1, -0.05) is 18.2 Å².